The third kappa shape index (κ3) is 1.42. The Hall–Kier alpha value is -0.0800. The van der Waals surface area contributed by atoms with Gasteiger partial charge in [0.2, 0.25) is 0 Å². The molecule has 0 N–H and O–H groups in total. The van der Waals surface area contributed by atoms with Crippen molar-refractivity contribution in [1.29, 1.82) is 0 Å². The summed E-state index contributed by atoms with van der Waals surface area (Å²) in [5.41, 5.74) is 0. The van der Waals surface area contributed by atoms with Gasteiger partial charge in [-0.2, -0.15) is 0 Å². The highest BCUT2D eigenvalue weighted by Crippen LogP contribution is 2.28. The van der Waals surface area contributed by atoms with E-state index in [0.717, 1.165) is 6.54 Å². The molecule has 3 aliphatic heterocycles. The monoisotopic (exact) mass is 155 g/mol. The van der Waals surface area contributed by atoms with Crippen molar-refractivity contribution in [3.63, 3.8) is 0 Å². The van der Waals surface area contributed by atoms with E-state index in [2.05, 4.69) is 18.7 Å². The molecule has 0 aromatic rings. The Morgan fingerprint density at radius 3 is 2.73 bits per heavy atom. The van der Waals surface area contributed by atoms with Gasteiger partial charge in [-0.3, -0.25) is 4.90 Å². The van der Waals surface area contributed by atoms with Crippen LogP contribution in [-0.2, 0) is 4.74 Å². The van der Waals surface area contributed by atoms with E-state index in [-0.39, 0.29) is 0 Å². The zero-order valence-corrected chi connectivity index (χ0v) is 7.42. The molecular weight excluding hydrogens is 138 g/mol. The molecule has 3 heterocycles. The van der Waals surface area contributed by atoms with Crippen LogP contribution in [-0.4, -0.2) is 36.2 Å². The largest absolute Gasteiger partial charge is 0.373 e. The molecule has 3 saturated heterocycles. The minimum Gasteiger partial charge on any atom is -0.373 e. The minimum absolute atomic E-state index is 0.560. The molecule has 0 radical (unpaired) electrons. The lowest BCUT2D eigenvalue weighted by atomic mass is 10.0. The van der Waals surface area contributed by atoms with Crippen molar-refractivity contribution in [2.24, 2.45) is 0 Å². The molecule has 2 atom stereocenters. The lowest BCUT2D eigenvalue weighted by Gasteiger charge is -2.34. The van der Waals surface area contributed by atoms with Crippen LogP contribution in [0.5, 0.6) is 0 Å². The average Bonchev–Trinajstić information content (AvgIpc) is 2.13. The van der Waals surface area contributed by atoms with Crippen LogP contribution in [0.25, 0.3) is 0 Å². The van der Waals surface area contributed by atoms with Gasteiger partial charge in [-0.05, 0) is 20.3 Å². The van der Waals surface area contributed by atoms with Crippen LogP contribution in [0.3, 0.4) is 0 Å². The first-order valence-electron chi connectivity index (χ1n) is 4.65. The maximum atomic E-state index is 5.64. The number of hydrogen-bond donors (Lipinski definition) is 0. The fourth-order valence-electron chi connectivity index (χ4n) is 1.99. The first-order chi connectivity index (χ1) is 5.25. The van der Waals surface area contributed by atoms with E-state index in [4.69, 9.17) is 4.74 Å². The Bertz CT molecular complexity index is 140. The highest BCUT2D eigenvalue weighted by Gasteiger charge is 2.35. The van der Waals surface area contributed by atoms with Crippen LogP contribution >= 0.6 is 0 Å². The summed E-state index contributed by atoms with van der Waals surface area (Å²) in [5.74, 6) is 0. The van der Waals surface area contributed by atoms with Gasteiger partial charge in [0.1, 0.15) is 0 Å². The summed E-state index contributed by atoms with van der Waals surface area (Å²) in [4.78, 5) is 2.53. The standard InChI is InChI=1S/C9H17NO/c1-7(2)10-4-3-8-5-9(6-10)11-8/h7-9H,3-6H2,1-2H3/t8-,9-/m0/s1. The van der Waals surface area contributed by atoms with Gasteiger partial charge in [-0.15, -0.1) is 0 Å². The molecule has 2 bridgehead atoms. The smallest absolute Gasteiger partial charge is 0.0730 e. The second kappa shape index (κ2) is 2.76. The van der Waals surface area contributed by atoms with E-state index in [1.54, 1.807) is 0 Å². The maximum Gasteiger partial charge on any atom is 0.0730 e. The number of rotatable bonds is 1. The predicted octanol–water partition coefficient (Wildman–Crippen LogP) is 1.26. The van der Waals surface area contributed by atoms with E-state index in [0.29, 0.717) is 18.2 Å². The first-order valence-corrected chi connectivity index (χ1v) is 4.65. The number of nitrogens with zero attached hydrogens (tertiary/aromatic N) is 1. The van der Waals surface area contributed by atoms with Gasteiger partial charge >= 0.3 is 0 Å². The zero-order chi connectivity index (χ0) is 7.84. The Balaban J connectivity index is 1.92. The molecule has 0 aromatic carbocycles. The summed E-state index contributed by atoms with van der Waals surface area (Å²) in [5, 5.41) is 0. The molecule has 3 aliphatic rings. The fraction of sp³-hybridized carbons (Fsp3) is 1.00. The summed E-state index contributed by atoms with van der Waals surface area (Å²) in [6.45, 7) is 6.93. The molecule has 0 amide bonds. The Kier molecular flexibility index (Phi) is 1.90. The van der Waals surface area contributed by atoms with Gasteiger partial charge in [-0.25, -0.2) is 0 Å². The van der Waals surface area contributed by atoms with E-state index < -0.39 is 0 Å². The lowest BCUT2D eigenvalue weighted by Crippen LogP contribution is -2.41. The van der Waals surface area contributed by atoms with Gasteiger partial charge in [0.15, 0.2) is 0 Å². The van der Waals surface area contributed by atoms with Crippen molar-refractivity contribution in [1.82, 2.24) is 4.90 Å². The van der Waals surface area contributed by atoms with Gasteiger partial charge in [0, 0.05) is 25.6 Å². The molecule has 11 heavy (non-hydrogen) atoms. The van der Waals surface area contributed by atoms with E-state index in [1.165, 1.54) is 19.4 Å². The van der Waals surface area contributed by atoms with Crippen molar-refractivity contribution >= 4 is 0 Å². The quantitative estimate of drug-likeness (QED) is 0.565. The molecule has 0 spiro atoms. The van der Waals surface area contributed by atoms with Crippen molar-refractivity contribution in [3.8, 4) is 0 Å². The van der Waals surface area contributed by atoms with E-state index in [9.17, 15) is 0 Å². The summed E-state index contributed by atoms with van der Waals surface area (Å²) in [7, 11) is 0. The maximum absolute atomic E-state index is 5.64. The van der Waals surface area contributed by atoms with Crippen LogP contribution in [0.1, 0.15) is 26.7 Å². The molecule has 0 unspecified atom stereocenters. The van der Waals surface area contributed by atoms with Gasteiger partial charge in [0.05, 0.1) is 12.2 Å². The molecule has 64 valence electrons. The van der Waals surface area contributed by atoms with Gasteiger partial charge in [-0.1, -0.05) is 0 Å². The van der Waals surface area contributed by atoms with Crippen molar-refractivity contribution in [2.75, 3.05) is 13.1 Å². The van der Waals surface area contributed by atoms with Crippen molar-refractivity contribution in [3.05, 3.63) is 0 Å². The summed E-state index contributed by atoms with van der Waals surface area (Å²) in [6, 6.07) is 0.693. The molecule has 0 saturated carbocycles. The van der Waals surface area contributed by atoms with Crippen LogP contribution < -0.4 is 0 Å². The van der Waals surface area contributed by atoms with E-state index >= 15 is 0 Å². The Morgan fingerprint density at radius 2 is 2.09 bits per heavy atom. The van der Waals surface area contributed by atoms with Crippen molar-refractivity contribution in [2.45, 2.75) is 44.9 Å². The summed E-state index contributed by atoms with van der Waals surface area (Å²) < 4.78 is 5.64. The number of ether oxygens (including phenoxy) is 1. The lowest BCUT2D eigenvalue weighted by molar-refractivity contribution is -0.116. The number of hydrogen-bond acceptors (Lipinski definition) is 2. The third-order valence-electron chi connectivity index (χ3n) is 2.82. The van der Waals surface area contributed by atoms with Crippen LogP contribution in [0.15, 0.2) is 0 Å². The van der Waals surface area contributed by atoms with Gasteiger partial charge < -0.3 is 4.74 Å². The van der Waals surface area contributed by atoms with Crippen LogP contribution in [0, 0.1) is 0 Å². The Labute approximate surface area is 68.5 Å². The zero-order valence-electron chi connectivity index (χ0n) is 7.42. The second-order valence-corrected chi connectivity index (χ2v) is 3.99. The number of fused-ring (bicyclic) bond motifs is 3. The normalized spacial score (nSPS) is 38.5. The van der Waals surface area contributed by atoms with Crippen LogP contribution in [0.2, 0.25) is 0 Å². The van der Waals surface area contributed by atoms with Crippen molar-refractivity contribution < 1.29 is 4.74 Å². The second-order valence-electron chi connectivity index (χ2n) is 3.99. The molecule has 0 aromatic heterocycles. The van der Waals surface area contributed by atoms with E-state index in [1.807, 2.05) is 0 Å². The Morgan fingerprint density at radius 1 is 1.36 bits per heavy atom. The highest BCUT2D eigenvalue weighted by molar-refractivity contribution is 4.86. The molecule has 3 fully saturated rings. The average molecular weight is 155 g/mol. The fourth-order valence-corrected chi connectivity index (χ4v) is 1.99. The molecule has 2 heteroatoms. The van der Waals surface area contributed by atoms with Crippen LogP contribution in [0.4, 0.5) is 0 Å². The third-order valence-corrected chi connectivity index (χ3v) is 2.82. The topological polar surface area (TPSA) is 12.5 Å². The molecule has 0 aliphatic carbocycles. The molecule has 3 rings (SSSR count). The van der Waals surface area contributed by atoms with Gasteiger partial charge in [0.25, 0.3) is 0 Å². The minimum atomic E-state index is 0.560. The summed E-state index contributed by atoms with van der Waals surface area (Å²) >= 11 is 0. The predicted molar refractivity (Wildman–Crippen MR) is 44.6 cm³/mol. The SMILES string of the molecule is CC(C)N1CC[C@H]2C[C@@H](C1)O2. The highest BCUT2D eigenvalue weighted by atomic mass is 16.5. The first kappa shape index (κ1) is 7.56. The molecule has 2 nitrogen and oxygen atoms in total. The molecular formula is C9H17NO. The summed E-state index contributed by atoms with van der Waals surface area (Å²) in [6.07, 6.45) is 3.71.